The summed E-state index contributed by atoms with van der Waals surface area (Å²) in [5.41, 5.74) is 1.65. The molecule has 1 aromatic carbocycles. The summed E-state index contributed by atoms with van der Waals surface area (Å²) in [6.07, 6.45) is 2.50. The van der Waals surface area contributed by atoms with Crippen molar-refractivity contribution >= 4 is 5.69 Å². The van der Waals surface area contributed by atoms with Crippen LogP contribution in [0.15, 0.2) is 36.9 Å². The molecule has 0 radical (unpaired) electrons. The Balaban J connectivity index is 2.87. The van der Waals surface area contributed by atoms with Gasteiger partial charge in [0.2, 0.25) is 0 Å². The van der Waals surface area contributed by atoms with Crippen LogP contribution in [0.5, 0.6) is 0 Å². The summed E-state index contributed by atoms with van der Waals surface area (Å²) in [5, 5.41) is 10.3. The van der Waals surface area contributed by atoms with Crippen LogP contribution in [0, 0.1) is 0 Å². The number of benzene rings is 1. The molecule has 0 aromatic heterocycles. The maximum atomic E-state index is 9.50. The monoisotopic (exact) mass is 193 g/mol. The average molecular weight is 193 g/mol. The van der Waals surface area contributed by atoms with Crippen molar-refractivity contribution in [3.63, 3.8) is 0 Å². The number of hydrogen-bond donors (Lipinski definition) is 1. The molecule has 0 bridgehead atoms. The van der Waals surface area contributed by atoms with Gasteiger partial charge in [-0.3, -0.25) is 5.21 Å². The van der Waals surface area contributed by atoms with E-state index in [0.29, 0.717) is 18.7 Å². The fraction of sp³-hybridized carbons (Fsp3) is 0.273. The first kappa shape index (κ1) is 10.8. The van der Waals surface area contributed by atoms with Crippen molar-refractivity contribution in [1.82, 2.24) is 0 Å². The molecule has 0 saturated carbocycles. The molecule has 0 unspecified atom stereocenters. The quantitative estimate of drug-likeness (QED) is 0.576. The number of nitrogens with zero attached hydrogens (tertiary/aromatic N) is 1. The molecule has 1 rings (SSSR count). The van der Waals surface area contributed by atoms with Crippen LogP contribution in [0.3, 0.4) is 0 Å². The molecule has 1 aromatic rings. The van der Waals surface area contributed by atoms with Crippen molar-refractivity contribution in [2.75, 3.05) is 11.8 Å². The zero-order chi connectivity index (χ0) is 10.4. The molecule has 0 saturated heterocycles. The summed E-state index contributed by atoms with van der Waals surface area (Å²) in [5.74, 6) is 0. The van der Waals surface area contributed by atoms with E-state index in [2.05, 4.69) is 6.58 Å². The van der Waals surface area contributed by atoms with E-state index in [-0.39, 0.29) is 0 Å². The molecule has 0 heterocycles. The Labute approximate surface area is 84.1 Å². The molecule has 0 atom stereocenters. The van der Waals surface area contributed by atoms with Gasteiger partial charge in [-0.25, -0.2) is 4.84 Å². The molecule has 0 spiro atoms. The van der Waals surface area contributed by atoms with Gasteiger partial charge in [0, 0.05) is 0 Å². The van der Waals surface area contributed by atoms with E-state index in [9.17, 15) is 5.21 Å². The van der Waals surface area contributed by atoms with Gasteiger partial charge in [-0.05, 0) is 25.0 Å². The van der Waals surface area contributed by atoms with Crippen molar-refractivity contribution in [3.8, 4) is 0 Å². The lowest BCUT2D eigenvalue weighted by molar-refractivity contribution is -0.0356. The Bertz CT molecular complexity index is 299. The van der Waals surface area contributed by atoms with Gasteiger partial charge in [0.1, 0.15) is 0 Å². The van der Waals surface area contributed by atoms with E-state index >= 15 is 0 Å². The summed E-state index contributed by atoms with van der Waals surface area (Å²) in [4.78, 5) is 4.97. The molecular weight excluding hydrogens is 178 g/mol. The fourth-order valence-corrected chi connectivity index (χ4v) is 1.22. The minimum Gasteiger partial charge on any atom is -0.264 e. The van der Waals surface area contributed by atoms with E-state index in [1.807, 2.05) is 25.1 Å². The SMILES string of the molecule is C=CCc1ccccc1N(O)OCC. The van der Waals surface area contributed by atoms with Crippen LogP contribution >= 0.6 is 0 Å². The number of para-hydroxylation sites is 1. The summed E-state index contributed by atoms with van der Waals surface area (Å²) < 4.78 is 0. The minimum atomic E-state index is 0.429. The molecular formula is C11H15NO2. The highest BCUT2D eigenvalue weighted by molar-refractivity contribution is 5.50. The predicted octanol–water partition coefficient (Wildman–Crippen LogP) is 2.56. The van der Waals surface area contributed by atoms with Gasteiger partial charge in [0.25, 0.3) is 0 Å². The molecule has 0 aliphatic carbocycles. The van der Waals surface area contributed by atoms with E-state index in [0.717, 1.165) is 10.8 Å². The van der Waals surface area contributed by atoms with Crippen LogP contribution in [0.4, 0.5) is 5.69 Å². The second-order valence-corrected chi connectivity index (χ2v) is 2.81. The maximum Gasteiger partial charge on any atom is 0.0980 e. The van der Waals surface area contributed by atoms with Gasteiger partial charge in [-0.15, -0.1) is 11.8 Å². The highest BCUT2D eigenvalue weighted by atomic mass is 16.9. The molecule has 3 heteroatoms. The average Bonchev–Trinajstić information content (AvgIpc) is 2.19. The highest BCUT2D eigenvalue weighted by Gasteiger charge is 2.06. The lowest BCUT2D eigenvalue weighted by Gasteiger charge is -2.17. The smallest absolute Gasteiger partial charge is 0.0980 e. The molecule has 14 heavy (non-hydrogen) atoms. The van der Waals surface area contributed by atoms with Gasteiger partial charge in [-0.1, -0.05) is 24.3 Å². The largest absolute Gasteiger partial charge is 0.264 e. The van der Waals surface area contributed by atoms with Crippen LogP contribution in [0.25, 0.3) is 0 Å². The van der Waals surface area contributed by atoms with Crippen molar-refractivity contribution in [2.45, 2.75) is 13.3 Å². The molecule has 3 nitrogen and oxygen atoms in total. The van der Waals surface area contributed by atoms with Crippen molar-refractivity contribution < 1.29 is 10.0 Å². The van der Waals surface area contributed by atoms with Gasteiger partial charge < -0.3 is 0 Å². The van der Waals surface area contributed by atoms with Crippen molar-refractivity contribution in [1.29, 1.82) is 0 Å². The second kappa shape index (κ2) is 5.42. The summed E-state index contributed by atoms with van der Waals surface area (Å²) in [6.45, 7) is 5.91. The number of rotatable bonds is 5. The van der Waals surface area contributed by atoms with Crippen LogP contribution in [0.2, 0.25) is 0 Å². The second-order valence-electron chi connectivity index (χ2n) is 2.81. The Kier molecular flexibility index (Phi) is 4.16. The van der Waals surface area contributed by atoms with Crippen LogP contribution in [-0.4, -0.2) is 11.8 Å². The first-order valence-corrected chi connectivity index (χ1v) is 4.60. The minimum absolute atomic E-state index is 0.429. The molecule has 1 N–H and O–H groups in total. The Hall–Kier alpha value is -1.32. The third-order valence-corrected chi connectivity index (χ3v) is 1.81. The number of hydrogen-bond acceptors (Lipinski definition) is 3. The zero-order valence-electron chi connectivity index (χ0n) is 8.31. The maximum absolute atomic E-state index is 9.50. The molecule has 76 valence electrons. The van der Waals surface area contributed by atoms with E-state index in [1.54, 1.807) is 12.1 Å². The Morgan fingerprint density at radius 3 is 2.86 bits per heavy atom. The molecule has 0 aliphatic heterocycles. The van der Waals surface area contributed by atoms with Gasteiger partial charge in [0.05, 0.1) is 12.3 Å². The third-order valence-electron chi connectivity index (χ3n) is 1.81. The van der Waals surface area contributed by atoms with Crippen molar-refractivity contribution in [3.05, 3.63) is 42.5 Å². The molecule has 0 fully saturated rings. The first-order valence-electron chi connectivity index (χ1n) is 4.60. The normalized spacial score (nSPS) is 9.86. The third kappa shape index (κ3) is 2.58. The summed E-state index contributed by atoms with van der Waals surface area (Å²) in [6, 6.07) is 7.50. The van der Waals surface area contributed by atoms with Gasteiger partial charge in [-0.2, -0.15) is 0 Å². The standard InChI is InChI=1S/C11H15NO2/c1-3-7-10-8-5-6-9-11(10)12(13)14-4-2/h3,5-6,8-9,13H,1,4,7H2,2H3. The van der Waals surface area contributed by atoms with Crippen LogP contribution in [0.1, 0.15) is 12.5 Å². The molecule has 0 amide bonds. The number of anilines is 1. The fourth-order valence-electron chi connectivity index (χ4n) is 1.22. The van der Waals surface area contributed by atoms with Crippen LogP contribution < -0.4 is 5.23 Å². The van der Waals surface area contributed by atoms with E-state index in [1.165, 1.54) is 0 Å². The first-order chi connectivity index (χ1) is 6.79. The van der Waals surface area contributed by atoms with Crippen molar-refractivity contribution in [2.24, 2.45) is 0 Å². The van der Waals surface area contributed by atoms with Crippen LogP contribution in [-0.2, 0) is 11.3 Å². The van der Waals surface area contributed by atoms with Gasteiger partial charge >= 0.3 is 0 Å². The number of allylic oxidation sites excluding steroid dienone is 1. The zero-order valence-corrected chi connectivity index (χ0v) is 8.31. The van der Waals surface area contributed by atoms with E-state index in [4.69, 9.17) is 4.84 Å². The summed E-state index contributed by atoms with van der Waals surface area (Å²) in [7, 11) is 0. The molecule has 0 aliphatic rings. The highest BCUT2D eigenvalue weighted by Crippen LogP contribution is 2.19. The Morgan fingerprint density at radius 1 is 1.50 bits per heavy atom. The van der Waals surface area contributed by atoms with E-state index < -0.39 is 0 Å². The lowest BCUT2D eigenvalue weighted by Crippen LogP contribution is -2.19. The predicted molar refractivity (Wildman–Crippen MR) is 56.2 cm³/mol. The summed E-state index contributed by atoms with van der Waals surface area (Å²) >= 11 is 0. The Morgan fingerprint density at radius 2 is 2.21 bits per heavy atom. The van der Waals surface area contributed by atoms with Gasteiger partial charge in [0.15, 0.2) is 0 Å². The lowest BCUT2D eigenvalue weighted by atomic mass is 10.1. The topological polar surface area (TPSA) is 32.7 Å².